The molecule has 1 saturated heterocycles. The highest BCUT2D eigenvalue weighted by Crippen LogP contribution is 2.36. The van der Waals surface area contributed by atoms with Gasteiger partial charge < -0.3 is 0 Å². The third kappa shape index (κ3) is 3.25. The van der Waals surface area contributed by atoms with Crippen LogP contribution in [0.15, 0.2) is 29.2 Å². The lowest BCUT2D eigenvalue weighted by atomic mass is 10.2. The predicted molar refractivity (Wildman–Crippen MR) is 108 cm³/mol. The topological polar surface area (TPSA) is 68.4 Å². The van der Waals surface area contributed by atoms with Crippen molar-refractivity contribution in [1.82, 2.24) is 4.68 Å². The summed E-state index contributed by atoms with van der Waals surface area (Å²) in [6.45, 7) is 3.74. The second-order valence-electron chi connectivity index (χ2n) is 5.50. The fraction of sp³-hybridized carbons (Fsp3) is 0.125. The maximum atomic E-state index is 12.8. The number of nitro benzene ring substituents is 1. The van der Waals surface area contributed by atoms with Gasteiger partial charge >= 0.3 is 0 Å². The molecular weight excluding hydrogens is 417 g/mol. The number of benzene rings is 1. The number of halogens is 2. The molecule has 1 aliphatic rings. The molecule has 2 aromatic rings. The van der Waals surface area contributed by atoms with E-state index in [1.165, 1.54) is 23.2 Å². The average molecular weight is 428 g/mol. The first-order valence-electron chi connectivity index (χ1n) is 7.27. The summed E-state index contributed by atoms with van der Waals surface area (Å²) in [6.07, 6.45) is 1.49. The number of carbonyl (C=O) groups is 1. The van der Waals surface area contributed by atoms with Crippen LogP contribution in [0.5, 0.6) is 0 Å². The highest BCUT2D eigenvalue weighted by molar-refractivity contribution is 8.27. The smallest absolute Gasteiger partial charge is 0.266 e. The van der Waals surface area contributed by atoms with Crippen molar-refractivity contribution in [1.29, 1.82) is 0 Å². The van der Waals surface area contributed by atoms with Crippen molar-refractivity contribution in [2.24, 2.45) is 0 Å². The normalized spacial score (nSPS) is 16.0. The fourth-order valence-corrected chi connectivity index (χ4v) is 4.29. The monoisotopic (exact) mass is 427 g/mol. The Balaban J connectivity index is 2.04. The van der Waals surface area contributed by atoms with E-state index in [-0.39, 0.29) is 21.6 Å². The van der Waals surface area contributed by atoms with Gasteiger partial charge in [0, 0.05) is 28.0 Å². The van der Waals surface area contributed by atoms with Crippen LogP contribution in [0.1, 0.15) is 17.0 Å². The minimum atomic E-state index is -0.603. The highest BCUT2D eigenvalue weighted by Gasteiger charge is 2.35. The predicted octanol–water partition coefficient (Wildman–Crippen LogP) is 4.86. The molecule has 0 N–H and O–H groups in total. The molecule has 0 saturated carbocycles. The second-order valence-corrected chi connectivity index (χ2v) is 7.99. The maximum Gasteiger partial charge on any atom is 0.288 e. The molecule has 26 heavy (non-hydrogen) atoms. The van der Waals surface area contributed by atoms with Crippen LogP contribution < -0.4 is 5.01 Å². The Hall–Kier alpha value is -1.87. The van der Waals surface area contributed by atoms with Crippen LogP contribution >= 0.6 is 47.2 Å². The Labute approximate surface area is 168 Å². The zero-order valence-corrected chi connectivity index (χ0v) is 16.7. The van der Waals surface area contributed by atoms with E-state index in [2.05, 4.69) is 0 Å². The Morgan fingerprint density at radius 2 is 1.81 bits per heavy atom. The molecule has 2 heterocycles. The van der Waals surface area contributed by atoms with Crippen LogP contribution in [-0.4, -0.2) is 19.8 Å². The number of aromatic nitrogens is 1. The lowest BCUT2D eigenvalue weighted by molar-refractivity contribution is -0.384. The van der Waals surface area contributed by atoms with Crippen molar-refractivity contribution in [3.63, 3.8) is 0 Å². The lowest BCUT2D eigenvalue weighted by Gasteiger charge is -2.20. The minimum absolute atomic E-state index is 0.0664. The largest absolute Gasteiger partial charge is 0.288 e. The third-order valence-electron chi connectivity index (χ3n) is 3.76. The number of thioether (sulfide) groups is 1. The summed E-state index contributed by atoms with van der Waals surface area (Å²) in [5.74, 6) is -0.323. The van der Waals surface area contributed by atoms with Crippen molar-refractivity contribution in [3.8, 4) is 0 Å². The number of nitrogens with zero attached hydrogens (tertiary/aromatic N) is 3. The molecule has 0 aliphatic carbocycles. The van der Waals surface area contributed by atoms with Crippen molar-refractivity contribution < 1.29 is 9.72 Å². The van der Waals surface area contributed by atoms with E-state index < -0.39 is 4.92 Å². The number of nitro groups is 1. The van der Waals surface area contributed by atoms with E-state index >= 15 is 0 Å². The van der Waals surface area contributed by atoms with Crippen molar-refractivity contribution >= 4 is 69.2 Å². The number of hydrogen-bond acceptors (Lipinski definition) is 5. The van der Waals surface area contributed by atoms with E-state index in [0.717, 1.165) is 23.1 Å². The number of amides is 1. The molecule has 1 aromatic carbocycles. The van der Waals surface area contributed by atoms with Crippen LogP contribution in [0.2, 0.25) is 10.0 Å². The Bertz CT molecular complexity index is 981. The molecule has 10 heteroatoms. The zero-order chi connectivity index (χ0) is 19.2. The summed E-state index contributed by atoms with van der Waals surface area (Å²) in [5.41, 5.74) is 1.76. The SMILES string of the molecule is Cc1ccc(C)n1N1C(=O)/C(=C/c2cc([N+](=O)[O-])c(Cl)cc2Cl)SC1=S. The molecule has 1 aliphatic heterocycles. The van der Waals surface area contributed by atoms with Crippen LogP contribution in [-0.2, 0) is 4.79 Å². The molecule has 3 rings (SSSR count). The maximum absolute atomic E-state index is 12.8. The third-order valence-corrected chi connectivity index (χ3v) is 5.67. The second kappa shape index (κ2) is 7.03. The quantitative estimate of drug-likeness (QED) is 0.302. The number of aryl methyl sites for hydroxylation is 2. The first-order chi connectivity index (χ1) is 12.2. The van der Waals surface area contributed by atoms with Gasteiger partial charge in [0.05, 0.1) is 9.83 Å². The first-order valence-corrected chi connectivity index (χ1v) is 9.25. The molecule has 0 bridgehead atoms. The number of carbonyl (C=O) groups excluding carboxylic acids is 1. The molecule has 6 nitrogen and oxygen atoms in total. The van der Waals surface area contributed by atoms with Gasteiger partial charge in [-0.1, -0.05) is 35.0 Å². The Morgan fingerprint density at radius 1 is 1.19 bits per heavy atom. The summed E-state index contributed by atoms with van der Waals surface area (Å²) in [5, 5.41) is 12.6. The summed E-state index contributed by atoms with van der Waals surface area (Å²) in [7, 11) is 0. The van der Waals surface area contributed by atoms with Crippen LogP contribution in [0.25, 0.3) is 6.08 Å². The van der Waals surface area contributed by atoms with Crippen LogP contribution in [0.3, 0.4) is 0 Å². The number of hydrogen-bond donors (Lipinski definition) is 0. The fourth-order valence-electron chi connectivity index (χ4n) is 2.55. The van der Waals surface area contributed by atoms with Crippen LogP contribution in [0, 0.1) is 24.0 Å². The summed E-state index contributed by atoms with van der Waals surface area (Å²) < 4.78 is 2.09. The minimum Gasteiger partial charge on any atom is -0.266 e. The highest BCUT2D eigenvalue weighted by atomic mass is 35.5. The summed E-state index contributed by atoms with van der Waals surface area (Å²) in [4.78, 5) is 23.6. The average Bonchev–Trinajstić information content (AvgIpc) is 3.01. The zero-order valence-electron chi connectivity index (χ0n) is 13.5. The van der Waals surface area contributed by atoms with E-state index in [1.54, 1.807) is 4.68 Å². The van der Waals surface area contributed by atoms with Gasteiger partial charge in [0.25, 0.3) is 11.6 Å². The lowest BCUT2D eigenvalue weighted by Crippen LogP contribution is -2.39. The Morgan fingerprint density at radius 3 is 2.38 bits per heavy atom. The van der Waals surface area contributed by atoms with Gasteiger partial charge in [-0.25, -0.2) is 0 Å². The van der Waals surface area contributed by atoms with Gasteiger partial charge in [-0.15, -0.1) is 0 Å². The molecule has 1 aromatic heterocycles. The van der Waals surface area contributed by atoms with Crippen molar-refractivity contribution in [3.05, 3.63) is 66.3 Å². The molecule has 0 unspecified atom stereocenters. The molecule has 0 atom stereocenters. The van der Waals surface area contributed by atoms with Gasteiger partial charge in [0.2, 0.25) is 0 Å². The van der Waals surface area contributed by atoms with E-state index in [9.17, 15) is 14.9 Å². The number of rotatable bonds is 3. The molecule has 134 valence electrons. The summed E-state index contributed by atoms with van der Waals surface area (Å²) in [6, 6.07) is 6.30. The standard InChI is InChI=1S/C16H11Cl2N3O3S2/c1-8-3-4-9(2)19(8)20-15(22)14(26-16(20)25)6-10-5-13(21(23)24)12(18)7-11(10)17/h3-7H,1-2H3/b14-6-. The van der Waals surface area contributed by atoms with Gasteiger partial charge in [-0.2, -0.15) is 5.01 Å². The molecule has 1 amide bonds. The molecule has 0 spiro atoms. The van der Waals surface area contributed by atoms with Crippen molar-refractivity contribution in [2.75, 3.05) is 5.01 Å². The van der Waals surface area contributed by atoms with Gasteiger partial charge in [-0.3, -0.25) is 19.6 Å². The van der Waals surface area contributed by atoms with Crippen molar-refractivity contribution in [2.45, 2.75) is 13.8 Å². The summed E-state index contributed by atoms with van der Waals surface area (Å²) >= 11 is 18.4. The molecule has 0 radical (unpaired) electrons. The number of thiocarbonyl (C=S) groups is 1. The van der Waals surface area contributed by atoms with E-state index in [0.29, 0.717) is 14.8 Å². The first kappa shape index (κ1) is 18.9. The molecular formula is C16H11Cl2N3O3S2. The van der Waals surface area contributed by atoms with E-state index in [1.807, 2.05) is 26.0 Å². The van der Waals surface area contributed by atoms with Gasteiger partial charge in [0.15, 0.2) is 4.32 Å². The molecule has 1 fully saturated rings. The van der Waals surface area contributed by atoms with Crippen LogP contribution in [0.4, 0.5) is 5.69 Å². The Kier molecular flexibility index (Phi) is 5.12. The van der Waals surface area contributed by atoms with Gasteiger partial charge in [-0.05, 0) is 50.3 Å². The van der Waals surface area contributed by atoms with E-state index in [4.69, 9.17) is 35.4 Å². The van der Waals surface area contributed by atoms with Gasteiger partial charge in [0.1, 0.15) is 5.02 Å².